The van der Waals surface area contributed by atoms with Crippen LogP contribution in [-0.2, 0) is 6.42 Å². The van der Waals surface area contributed by atoms with Crippen LogP contribution in [0.3, 0.4) is 0 Å². The predicted octanol–water partition coefficient (Wildman–Crippen LogP) is 4.69. The van der Waals surface area contributed by atoms with Gasteiger partial charge in [-0.2, -0.15) is 0 Å². The highest BCUT2D eigenvalue weighted by Crippen LogP contribution is 2.44. The van der Waals surface area contributed by atoms with Crippen LogP contribution >= 0.6 is 15.9 Å². The molecule has 0 aliphatic heterocycles. The SMILES string of the molecule is CC(C)(C)NCC1(Cc2ccc(Br)cc2F)CCC1. The summed E-state index contributed by atoms with van der Waals surface area (Å²) in [5, 5.41) is 3.58. The third-order valence-electron chi connectivity index (χ3n) is 3.99. The summed E-state index contributed by atoms with van der Waals surface area (Å²) in [6, 6.07) is 5.41. The van der Waals surface area contributed by atoms with Crippen molar-refractivity contribution in [2.24, 2.45) is 5.41 Å². The van der Waals surface area contributed by atoms with Crippen molar-refractivity contribution in [3.8, 4) is 0 Å². The van der Waals surface area contributed by atoms with Gasteiger partial charge in [0.1, 0.15) is 5.82 Å². The molecule has 1 aromatic rings. The summed E-state index contributed by atoms with van der Waals surface area (Å²) >= 11 is 3.31. The van der Waals surface area contributed by atoms with Gasteiger partial charge in [-0.3, -0.25) is 0 Å². The molecule has 1 aromatic carbocycles. The van der Waals surface area contributed by atoms with Gasteiger partial charge >= 0.3 is 0 Å². The van der Waals surface area contributed by atoms with E-state index in [0.29, 0.717) is 0 Å². The van der Waals surface area contributed by atoms with Gasteiger partial charge in [0.05, 0.1) is 0 Å². The lowest BCUT2D eigenvalue weighted by Crippen LogP contribution is -2.48. The summed E-state index contributed by atoms with van der Waals surface area (Å²) in [5.74, 6) is -0.0867. The van der Waals surface area contributed by atoms with E-state index < -0.39 is 0 Å². The van der Waals surface area contributed by atoms with Crippen LogP contribution in [-0.4, -0.2) is 12.1 Å². The molecule has 0 radical (unpaired) electrons. The maximum Gasteiger partial charge on any atom is 0.127 e. The van der Waals surface area contributed by atoms with Crippen molar-refractivity contribution in [1.82, 2.24) is 5.32 Å². The molecule has 3 heteroatoms. The first kappa shape index (κ1) is 15.0. The molecule has 1 fully saturated rings. The second-order valence-electron chi connectivity index (χ2n) is 6.87. The van der Waals surface area contributed by atoms with Crippen molar-refractivity contribution in [3.05, 3.63) is 34.1 Å². The summed E-state index contributed by atoms with van der Waals surface area (Å²) in [6.07, 6.45) is 4.51. The van der Waals surface area contributed by atoms with Crippen LogP contribution < -0.4 is 5.32 Å². The van der Waals surface area contributed by atoms with Crippen LogP contribution in [0.2, 0.25) is 0 Å². The van der Waals surface area contributed by atoms with Crippen LogP contribution in [0.4, 0.5) is 4.39 Å². The minimum atomic E-state index is -0.0867. The summed E-state index contributed by atoms with van der Waals surface area (Å²) in [4.78, 5) is 0. The van der Waals surface area contributed by atoms with Gasteiger partial charge < -0.3 is 5.32 Å². The number of nitrogens with one attached hydrogen (secondary N) is 1. The molecule has 106 valence electrons. The largest absolute Gasteiger partial charge is 0.312 e. The Labute approximate surface area is 124 Å². The molecule has 2 rings (SSSR count). The summed E-state index contributed by atoms with van der Waals surface area (Å²) in [7, 11) is 0. The fourth-order valence-electron chi connectivity index (χ4n) is 2.61. The fraction of sp³-hybridized carbons (Fsp3) is 0.625. The third-order valence-corrected chi connectivity index (χ3v) is 4.48. The second kappa shape index (κ2) is 5.53. The minimum absolute atomic E-state index is 0.0867. The van der Waals surface area contributed by atoms with E-state index in [9.17, 15) is 4.39 Å². The first-order chi connectivity index (χ1) is 8.80. The molecular formula is C16H23BrFN. The van der Waals surface area contributed by atoms with Crippen molar-refractivity contribution in [1.29, 1.82) is 0 Å². The highest BCUT2D eigenvalue weighted by atomic mass is 79.9. The van der Waals surface area contributed by atoms with E-state index in [2.05, 4.69) is 42.0 Å². The Bertz CT molecular complexity index is 447. The smallest absolute Gasteiger partial charge is 0.127 e. The van der Waals surface area contributed by atoms with Gasteiger partial charge in [0.2, 0.25) is 0 Å². The topological polar surface area (TPSA) is 12.0 Å². The lowest BCUT2D eigenvalue weighted by molar-refractivity contribution is 0.117. The minimum Gasteiger partial charge on any atom is -0.312 e. The summed E-state index contributed by atoms with van der Waals surface area (Å²) in [6.45, 7) is 7.52. The Morgan fingerprint density at radius 2 is 2.00 bits per heavy atom. The van der Waals surface area contributed by atoms with E-state index in [1.807, 2.05) is 12.1 Å². The molecule has 1 saturated carbocycles. The standard InChI is InChI=1S/C16H23BrFN/c1-15(2,3)19-11-16(7-4-8-16)10-12-5-6-13(17)9-14(12)18/h5-6,9,19H,4,7-8,10-11H2,1-3H3. The van der Waals surface area contributed by atoms with Gasteiger partial charge in [-0.05, 0) is 63.1 Å². The number of benzene rings is 1. The monoisotopic (exact) mass is 327 g/mol. The Morgan fingerprint density at radius 3 is 2.47 bits per heavy atom. The number of halogens is 2. The molecule has 1 nitrogen and oxygen atoms in total. The normalized spacial score (nSPS) is 18.2. The zero-order valence-corrected chi connectivity index (χ0v) is 13.6. The molecule has 1 N–H and O–H groups in total. The summed E-state index contributed by atoms with van der Waals surface area (Å²) in [5.41, 5.74) is 1.22. The lowest BCUT2D eigenvalue weighted by Gasteiger charge is -2.44. The average molecular weight is 328 g/mol. The van der Waals surface area contributed by atoms with Crippen molar-refractivity contribution in [3.63, 3.8) is 0 Å². The molecule has 0 heterocycles. The molecule has 19 heavy (non-hydrogen) atoms. The first-order valence-corrected chi connectivity index (χ1v) is 7.78. The number of rotatable bonds is 4. The molecule has 1 aliphatic carbocycles. The highest BCUT2D eigenvalue weighted by Gasteiger charge is 2.38. The zero-order chi connectivity index (χ0) is 14.1. The first-order valence-electron chi connectivity index (χ1n) is 6.99. The molecule has 0 spiro atoms. The highest BCUT2D eigenvalue weighted by molar-refractivity contribution is 9.10. The van der Waals surface area contributed by atoms with Crippen LogP contribution in [0.25, 0.3) is 0 Å². The van der Waals surface area contributed by atoms with Crippen molar-refractivity contribution < 1.29 is 4.39 Å². The Morgan fingerprint density at radius 1 is 1.32 bits per heavy atom. The van der Waals surface area contributed by atoms with Crippen LogP contribution in [0.5, 0.6) is 0 Å². The molecular weight excluding hydrogens is 305 g/mol. The maximum atomic E-state index is 14.0. The van der Waals surface area contributed by atoms with E-state index in [0.717, 1.165) is 23.0 Å². The zero-order valence-electron chi connectivity index (χ0n) is 12.0. The second-order valence-corrected chi connectivity index (χ2v) is 7.79. The molecule has 0 saturated heterocycles. The van der Waals surface area contributed by atoms with Gasteiger partial charge in [-0.15, -0.1) is 0 Å². The van der Waals surface area contributed by atoms with Gasteiger partial charge in [0.25, 0.3) is 0 Å². The molecule has 0 amide bonds. The van der Waals surface area contributed by atoms with Crippen LogP contribution in [0, 0.1) is 11.2 Å². The molecule has 1 aliphatic rings. The third kappa shape index (κ3) is 4.03. The van der Waals surface area contributed by atoms with Crippen molar-refractivity contribution in [2.45, 2.75) is 52.0 Å². The Kier molecular flexibility index (Phi) is 4.36. The number of hydrogen-bond donors (Lipinski definition) is 1. The summed E-state index contributed by atoms with van der Waals surface area (Å²) < 4.78 is 14.8. The molecule has 0 aromatic heterocycles. The lowest BCUT2D eigenvalue weighted by atomic mass is 9.65. The van der Waals surface area contributed by atoms with Gasteiger partial charge in [-0.1, -0.05) is 28.4 Å². The van der Waals surface area contributed by atoms with E-state index >= 15 is 0 Å². The molecule has 0 unspecified atom stereocenters. The quantitative estimate of drug-likeness (QED) is 0.845. The van der Waals surface area contributed by atoms with Gasteiger partial charge in [0, 0.05) is 16.6 Å². The van der Waals surface area contributed by atoms with Crippen molar-refractivity contribution >= 4 is 15.9 Å². The number of hydrogen-bond acceptors (Lipinski definition) is 1. The van der Waals surface area contributed by atoms with Crippen LogP contribution in [0.1, 0.15) is 45.6 Å². The molecule has 0 atom stereocenters. The predicted molar refractivity (Wildman–Crippen MR) is 81.8 cm³/mol. The Balaban J connectivity index is 2.06. The van der Waals surface area contributed by atoms with Crippen molar-refractivity contribution in [2.75, 3.05) is 6.54 Å². The van der Waals surface area contributed by atoms with E-state index in [4.69, 9.17) is 0 Å². The van der Waals surface area contributed by atoms with Crippen LogP contribution in [0.15, 0.2) is 22.7 Å². The maximum absolute atomic E-state index is 14.0. The Hall–Kier alpha value is -0.410. The van der Waals surface area contributed by atoms with Gasteiger partial charge in [0.15, 0.2) is 0 Å². The fourth-order valence-corrected chi connectivity index (χ4v) is 2.95. The van der Waals surface area contributed by atoms with E-state index in [1.165, 1.54) is 19.3 Å². The average Bonchev–Trinajstić information content (AvgIpc) is 2.23. The van der Waals surface area contributed by atoms with E-state index in [1.54, 1.807) is 6.07 Å². The molecule has 0 bridgehead atoms. The van der Waals surface area contributed by atoms with Gasteiger partial charge in [-0.25, -0.2) is 4.39 Å². The van der Waals surface area contributed by atoms with E-state index in [-0.39, 0.29) is 16.8 Å².